The molecule has 0 saturated carbocycles. The number of rotatable bonds is 3. The van der Waals surface area contributed by atoms with Crippen LogP contribution in [0.15, 0.2) is 18.2 Å². The molecule has 0 aliphatic carbocycles. The Bertz CT molecular complexity index is 421. The van der Waals surface area contributed by atoms with Gasteiger partial charge in [-0.3, -0.25) is 4.79 Å². The SMILES string of the molecule is COC(=O)c1cccc(NC(=O)CCl)c1Cl. The second-order valence-electron chi connectivity index (χ2n) is 2.84. The summed E-state index contributed by atoms with van der Waals surface area (Å²) in [4.78, 5) is 22.4. The van der Waals surface area contributed by atoms with Gasteiger partial charge in [-0.25, -0.2) is 4.79 Å². The fourth-order valence-corrected chi connectivity index (χ4v) is 1.40. The molecule has 1 N–H and O–H groups in total. The van der Waals surface area contributed by atoms with Crippen LogP contribution in [0.5, 0.6) is 0 Å². The minimum atomic E-state index is -0.563. The zero-order chi connectivity index (χ0) is 12.1. The van der Waals surface area contributed by atoms with Crippen LogP contribution in [0, 0.1) is 0 Å². The first-order chi connectivity index (χ1) is 7.60. The summed E-state index contributed by atoms with van der Waals surface area (Å²) >= 11 is 11.3. The summed E-state index contributed by atoms with van der Waals surface area (Å²) in [5.74, 6) is -1.14. The summed E-state index contributed by atoms with van der Waals surface area (Å²) in [6, 6.07) is 4.66. The number of anilines is 1. The van der Waals surface area contributed by atoms with Gasteiger partial charge in [-0.2, -0.15) is 0 Å². The fourth-order valence-electron chi connectivity index (χ4n) is 1.08. The average Bonchev–Trinajstić information content (AvgIpc) is 2.30. The Kier molecular flexibility index (Phi) is 4.58. The Hall–Kier alpha value is -1.26. The monoisotopic (exact) mass is 261 g/mol. The number of esters is 1. The first-order valence-electron chi connectivity index (χ1n) is 4.32. The lowest BCUT2D eigenvalue weighted by Crippen LogP contribution is -2.14. The quantitative estimate of drug-likeness (QED) is 0.671. The highest BCUT2D eigenvalue weighted by Gasteiger charge is 2.14. The van der Waals surface area contributed by atoms with Gasteiger partial charge in [0.2, 0.25) is 5.91 Å². The number of amides is 1. The van der Waals surface area contributed by atoms with E-state index in [9.17, 15) is 9.59 Å². The van der Waals surface area contributed by atoms with E-state index in [-0.39, 0.29) is 16.5 Å². The molecule has 0 heterocycles. The average molecular weight is 262 g/mol. The van der Waals surface area contributed by atoms with Gasteiger partial charge in [-0.1, -0.05) is 17.7 Å². The summed E-state index contributed by atoms with van der Waals surface area (Å²) < 4.78 is 4.54. The number of methoxy groups -OCH3 is 1. The highest BCUT2D eigenvalue weighted by Crippen LogP contribution is 2.26. The largest absolute Gasteiger partial charge is 0.465 e. The first kappa shape index (κ1) is 12.8. The van der Waals surface area contributed by atoms with E-state index in [0.717, 1.165) is 0 Å². The van der Waals surface area contributed by atoms with Crippen molar-refractivity contribution in [2.75, 3.05) is 18.3 Å². The van der Waals surface area contributed by atoms with E-state index < -0.39 is 11.9 Å². The molecule has 1 rings (SSSR count). The van der Waals surface area contributed by atoms with Gasteiger partial charge in [-0.05, 0) is 12.1 Å². The molecular weight excluding hydrogens is 253 g/mol. The van der Waals surface area contributed by atoms with Gasteiger partial charge in [0.05, 0.1) is 23.4 Å². The van der Waals surface area contributed by atoms with Crippen LogP contribution in [-0.4, -0.2) is 24.9 Å². The molecule has 0 bridgehead atoms. The molecule has 0 aliphatic rings. The van der Waals surface area contributed by atoms with Crippen molar-refractivity contribution in [2.24, 2.45) is 0 Å². The van der Waals surface area contributed by atoms with Crippen molar-refractivity contribution in [3.8, 4) is 0 Å². The van der Waals surface area contributed by atoms with Crippen LogP contribution in [0.3, 0.4) is 0 Å². The molecule has 0 aromatic heterocycles. The minimum Gasteiger partial charge on any atom is -0.465 e. The number of halogens is 2. The van der Waals surface area contributed by atoms with Crippen LogP contribution in [0.1, 0.15) is 10.4 Å². The maximum Gasteiger partial charge on any atom is 0.339 e. The third-order valence-electron chi connectivity index (χ3n) is 1.80. The number of alkyl halides is 1. The van der Waals surface area contributed by atoms with Crippen LogP contribution in [0.25, 0.3) is 0 Å². The topological polar surface area (TPSA) is 55.4 Å². The standard InChI is InChI=1S/C10H9Cl2NO3/c1-16-10(15)6-3-2-4-7(9(6)12)13-8(14)5-11/h2-4H,5H2,1H3,(H,13,14). The van der Waals surface area contributed by atoms with Crippen LogP contribution < -0.4 is 5.32 Å². The second-order valence-corrected chi connectivity index (χ2v) is 3.49. The summed E-state index contributed by atoms with van der Waals surface area (Å²) in [6.45, 7) is 0. The lowest BCUT2D eigenvalue weighted by Gasteiger charge is -2.08. The molecule has 0 radical (unpaired) electrons. The van der Waals surface area contributed by atoms with Crippen molar-refractivity contribution in [1.82, 2.24) is 0 Å². The predicted molar refractivity (Wildman–Crippen MR) is 62.1 cm³/mol. The van der Waals surface area contributed by atoms with Crippen molar-refractivity contribution < 1.29 is 14.3 Å². The highest BCUT2D eigenvalue weighted by atomic mass is 35.5. The van der Waals surface area contributed by atoms with Crippen molar-refractivity contribution in [3.05, 3.63) is 28.8 Å². The molecule has 0 spiro atoms. The van der Waals surface area contributed by atoms with Gasteiger partial charge < -0.3 is 10.1 Å². The molecule has 16 heavy (non-hydrogen) atoms. The predicted octanol–water partition coefficient (Wildman–Crippen LogP) is 2.30. The summed E-state index contributed by atoms with van der Waals surface area (Å²) in [5, 5.41) is 2.60. The van der Waals surface area contributed by atoms with E-state index in [4.69, 9.17) is 23.2 Å². The van der Waals surface area contributed by atoms with E-state index in [2.05, 4.69) is 10.1 Å². The van der Waals surface area contributed by atoms with E-state index in [1.807, 2.05) is 0 Å². The number of ether oxygens (including phenoxy) is 1. The van der Waals surface area contributed by atoms with Crippen LogP contribution >= 0.6 is 23.2 Å². The normalized spacial score (nSPS) is 9.69. The minimum absolute atomic E-state index is 0.132. The Morgan fingerprint density at radius 3 is 2.69 bits per heavy atom. The van der Waals surface area contributed by atoms with E-state index in [0.29, 0.717) is 5.69 Å². The van der Waals surface area contributed by atoms with Crippen molar-refractivity contribution in [2.45, 2.75) is 0 Å². The third-order valence-corrected chi connectivity index (χ3v) is 2.45. The van der Waals surface area contributed by atoms with E-state index in [1.54, 1.807) is 12.1 Å². The van der Waals surface area contributed by atoms with Gasteiger partial charge in [0.25, 0.3) is 0 Å². The summed E-state index contributed by atoms with van der Waals surface area (Å²) in [5.41, 5.74) is 0.520. The highest BCUT2D eigenvalue weighted by molar-refractivity contribution is 6.37. The number of hydrogen-bond donors (Lipinski definition) is 1. The molecule has 0 unspecified atom stereocenters. The maximum atomic E-state index is 11.3. The summed E-state index contributed by atoms with van der Waals surface area (Å²) in [6.07, 6.45) is 0. The lowest BCUT2D eigenvalue weighted by molar-refractivity contribution is -0.113. The molecule has 0 fully saturated rings. The lowest BCUT2D eigenvalue weighted by atomic mass is 10.2. The van der Waals surface area contributed by atoms with Crippen LogP contribution in [0.4, 0.5) is 5.69 Å². The molecule has 6 heteroatoms. The van der Waals surface area contributed by atoms with Gasteiger partial charge in [0.1, 0.15) is 5.88 Å². The number of hydrogen-bond acceptors (Lipinski definition) is 3. The Morgan fingerprint density at radius 2 is 2.12 bits per heavy atom. The number of benzene rings is 1. The second kappa shape index (κ2) is 5.72. The van der Waals surface area contributed by atoms with Crippen molar-refractivity contribution in [1.29, 1.82) is 0 Å². The number of carbonyl (C=O) groups excluding carboxylic acids is 2. The molecule has 0 atom stereocenters. The van der Waals surface area contributed by atoms with Gasteiger partial charge >= 0.3 is 5.97 Å². The third kappa shape index (κ3) is 2.87. The van der Waals surface area contributed by atoms with Gasteiger partial charge in [-0.15, -0.1) is 11.6 Å². The van der Waals surface area contributed by atoms with Crippen LogP contribution in [0.2, 0.25) is 5.02 Å². The van der Waals surface area contributed by atoms with Crippen molar-refractivity contribution >= 4 is 40.8 Å². The first-order valence-corrected chi connectivity index (χ1v) is 5.24. The fraction of sp³-hybridized carbons (Fsp3) is 0.200. The molecule has 1 aromatic carbocycles. The molecule has 1 amide bonds. The maximum absolute atomic E-state index is 11.3. The molecule has 0 aliphatic heterocycles. The van der Waals surface area contributed by atoms with E-state index >= 15 is 0 Å². The Morgan fingerprint density at radius 1 is 1.44 bits per heavy atom. The molecule has 86 valence electrons. The molecule has 1 aromatic rings. The van der Waals surface area contributed by atoms with Crippen LogP contribution in [-0.2, 0) is 9.53 Å². The summed E-state index contributed by atoms with van der Waals surface area (Å²) in [7, 11) is 1.25. The Labute approximate surface area is 102 Å². The number of carbonyl (C=O) groups is 2. The van der Waals surface area contributed by atoms with E-state index in [1.165, 1.54) is 13.2 Å². The number of nitrogens with one attached hydrogen (secondary N) is 1. The zero-order valence-corrected chi connectivity index (χ0v) is 9.93. The zero-order valence-electron chi connectivity index (χ0n) is 8.42. The molecule has 4 nitrogen and oxygen atoms in total. The van der Waals surface area contributed by atoms with Gasteiger partial charge in [0.15, 0.2) is 0 Å². The molecule has 0 saturated heterocycles. The van der Waals surface area contributed by atoms with Crippen molar-refractivity contribution in [3.63, 3.8) is 0 Å². The Balaban J connectivity index is 3.04. The van der Waals surface area contributed by atoms with Gasteiger partial charge in [0, 0.05) is 0 Å². The molecular formula is C10H9Cl2NO3. The smallest absolute Gasteiger partial charge is 0.339 e.